The van der Waals surface area contributed by atoms with Crippen LogP contribution in [0.5, 0.6) is 0 Å². The van der Waals surface area contributed by atoms with E-state index < -0.39 is 12.1 Å². The van der Waals surface area contributed by atoms with E-state index in [0.29, 0.717) is 25.9 Å². The number of aliphatic hydroxyl groups is 2. The van der Waals surface area contributed by atoms with Gasteiger partial charge in [0, 0.05) is 12.8 Å². The van der Waals surface area contributed by atoms with Crippen LogP contribution in [0, 0.1) is 0 Å². The van der Waals surface area contributed by atoms with E-state index in [-0.39, 0.29) is 18.5 Å². The molecule has 0 saturated heterocycles. The second kappa shape index (κ2) is 44.8. The van der Waals surface area contributed by atoms with Gasteiger partial charge in [0.25, 0.3) is 0 Å². The molecule has 3 N–H and O–H groups in total. The van der Waals surface area contributed by atoms with Crippen LogP contribution in [-0.2, 0) is 14.3 Å². The highest BCUT2D eigenvalue weighted by atomic mass is 16.5. The smallest absolute Gasteiger partial charge is 0.305 e. The number of carbonyl (C=O) groups excluding carboxylic acids is 2. The Labute approximate surface area is 341 Å². The Morgan fingerprint density at radius 2 is 0.945 bits per heavy atom. The number of aliphatic hydroxyl groups excluding tert-OH is 2. The number of hydrogen-bond donors (Lipinski definition) is 3. The van der Waals surface area contributed by atoms with Gasteiger partial charge < -0.3 is 20.3 Å². The zero-order valence-corrected chi connectivity index (χ0v) is 36.4. The minimum Gasteiger partial charge on any atom is -0.466 e. The molecule has 55 heavy (non-hydrogen) atoms. The summed E-state index contributed by atoms with van der Waals surface area (Å²) in [5.74, 6) is -0.0966. The maximum Gasteiger partial charge on any atom is 0.305 e. The van der Waals surface area contributed by atoms with E-state index in [9.17, 15) is 19.8 Å². The molecule has 0 aromatic heterocycles. The molecule has 0 fully saturated rings. The summed E-state index contributed by atoms with van der Waals surface area (Å²) in [6.07, 6.45) is 52.4. The van der Waals surface area contributed by atoms with Gasteiger partial charge in [0.1, 0.15) is 0 Å². The first-order valence-corrected chi connectivity index (χ1v) is 23.7. The third kappa shape index (κ3) is 41.5. The highest BCUT2D eigenvalue weighted by Gasteiger charge is 2.20. The van der Waals surface area contributed by atoms with Gasteiger partial charge in [0.05, 0.1) is 25.4 Å². The molecule has 0 aliphatic carbocycles. The average Bonchev–Trinajstić information content (AvgIpc) is 3.18. The first-order valence-electron chi connectivity index (χ1n) is 23.7. The fourth-order valence-corrected chi connectivity index (χ4v) is 6.96. The molecule has 0 aliphatic heterocycles. The minimum absolute atomic E-state index is 0.0288. The molecule has 0 heterocycles. The third-order valence-electron chi connectivity index (χ3n) is 10.6. The van der Waals surface area contributed by atoms with Gasteiger partial charge in [-0.05, 0) is 77.0 Å². The van der Waals surface area contributed by atoms with Crippen molar-refractivity contribution >= 4 is 11.9 Å². The van der Waals surface area contributed by atoms with Gasteiger partial charge in [0.2, 0.25) is 5.91 Å². The first kappa shape index (κ1) is 53.1. The molecule has 1 amide bonds. The molecule has 0 aliphatic rings. The lowest BCUT2D eigenvalue weighted by molar-refractivity contribution is -0.143. The summed E-state index contributed by atoms with van der Waals surface area (Å²) >= 11 is 0. The van der Waals surface area contributed by atoms with E-state index in [1.165, 1.54) is 122 Å². The number of hydrogen-bond acceptors (Lipinski definition) is 5. The molecule has 0 radical (unpaired) electrons. The molecule has 0 aromatic carbocycles. The van der Waals surface area contributed by atoms with Crippen LogP contribution in [0.25, 0.3) is 0 Å². The summed E-state index contributed by atoms with van der Waals surface area (Å²) in [6.45, 7) is 4.82. The number of esters is 1. The first-order chi connectivity index (χ1) is 27.0. The predicted octanol–water partition coefficient (Wildman–Crippen LogP) is 13.7. The average molecular weight is 774 g/mol. The van der Waals surface area contributed by atoms with E-state index in [1.54, 1.807) is 0 Å². The number of unbranched alkanes of at least 4 members (excludes halogenated alkanes) is 26. The summed E-state index contributed by atoms with van der Waals surface area (Å²) < 4.78 is 5.43. The molecule has 0 aromatic rings. The monoisotopic (exact) mass is 774 g/mol. The second-order valence-corrected chi connectivity index (χ2v) is 16.1. The van der Waals surface area contributed by atoms with Crippen molar-refractivity contribution in [3.05, 3.63) is 36.5 Å². The third-order valence-corrected chi connectivity index (χ3v) is 10.6. The molecule has 322 valence electrons. The number of rotatable bonds is 43. The van der Waals surface area contributed by atoms with E-state index in [1.807, 2.05) is 0 Å². The van der Waals surface area contributed by atoms with Crippen molar-refractivity contribution in [2.45, 2.75) is 251 Å². The second-order valence-electron chi connectivity index (χ2n) is 16.1. The van der Waals surface area contributed by atoms with Crippen LogP contribution in [0.4, 0.5) is 0 Å². The zero-order chi connectivity index (χ0) is 40.1. The van der Waals surface area contributed by atoms with Crippen molar-refractivity contribution in [2.24, 2.45) is 0 Å². The van der Waals surface area contributed by atoms with Crippen molar-refractivity contribution in [3.63, 3.8) is 0 Å². The van der Waals surface area contributed by atoms with Gasteiger partial charge in [-0.2, -0.15) is 0 Å². The summed E-state index contributed by atoms with van der Waals surface area (Å²) in [5, 5.41) is 23.1. The van der Waals surface area contributed by atoms with Gasteiger partial charge in [-0.3, -0.25) is 9.59 Å². The van der Waals surface area contributed by atoms with Crippen LogP contribution in [0.3, 0.4) is 0 Å². The predicted molar refractivity (Wildman–Crippen MR) is 236 cm³/mol. The summed E-state index contributed by atoms with van der Waals surface area (Å²) in [7, 11) is 0. The summed E-state index contributed by atoms with van der Waals surface area (Å²) in [5.41, 5.74) is 0. The van der Waals surface area contributed by atoms with Gasteiger partial charge in [-0.25, -0.2) is 0 Å². The van der Waals surface area contributed by atoms with Gasteiger partial charge in [-0.1, -0.05) is 185 Å². The molecule has 6 nitrogen and oxygen atoms in total. The van der Waals surface area contributed by atoms with E-state index in [4.69, 9.17) is 4.74 Å². The zero-order valence-electron chi connectivity index (χ0n) is 36.4. The maximum absolute atomic E-state index is 12.4. The van der Waals surface area contributed by atoms with Crippen LogP contribution in [-0.4, -0.2) is 47.4 Å². The van der Waals surface area contributed by atoms with Crippen LogP contribution < -0.4 is 5.32 Å². The van der Waals surface area contributed by atoms with Crippen molar-refractivity contribution in [2.75, 3.05) is 13.2 Å². The number of nitrogens with one attached hydrogen (secondary N) is 1. The quantitative estimate of drug-likeness (QED) is 0.0326. The highest BCUT2D eigenvalue weighted by Crippen LogP contribution is 2.15. The molecule has 2 unspecified atom stereocenters. The summed E-state index contributed by atoms with van der Waals surface area (Å²) in [6, 6.07) is -0.561. The van der Waals surface area contributed by atoms with Crippen molar-refractivity contribution < 1.29 is 24.5 Å². The molecule has 0 bridgehead atoms. The lowest BCUT2D eigenvalue weighted by Gasteiger charge is -2.22. The lowest BCUT2D eigenvalue weighted by Crippen LogP contribution is -2.45. The SMILES string of the molecule is CCC/C=C\C/C=C\CCCCCCCC(=O)OCCCCCCCC/C=C\CCCCCC(=O)NC(CO)C(O)CCCCCCCCCCCCCC. The Kier molecular flexibility index (Phi) is 43.2. The van der Waals surface area contributed by atoms with Crippen molar-refractivity contribution in [3.8, 4) is 0 Å². The molecule has 0 saturated carbocycles. The number of ether oxygens (including phenoxy) is 1. The molecule has 0 rings (SSSR count). The highest BCUT2D eigenvalue weighted by molar-refractivity contribution is 5.76. The topological polar surface area (TPSA) is 95.9 Å². The van der Waals surface area contributed by atoms with Gasteiger partial charge in [-0.15, -0.1) is 0 Å². The van der Waals surface area contributed by atoms with Crippen LogP contribution in [0.15, 0.2) is 36.5 Å². The Hall–Kier alpha value is -1.92. The fraction of sp³-hybridized carbons (Fsp3) is 0.837. The number of carbonyl (C=O) groups is 2. The Morgan fingerprint density at radius 3 is 1.49 bits per heavy atom. The normalized spacial score (nSPS) is 13.0. The number of amides is 1. The molecule has 6 heteroatoms. The maximum atomic E-state index is 12.4. The number of allylic oxidation sites excluding steroid dienone is 6. The van der Waals surface area contributed by atoms with Gasteiger partial charge >= 0.3 is 5.97 Å². The van der Waals surface area contributed by atoms with E-state index in [2.05, 4.69) is 55.6 Å². The van der Waals surface area contributed by atoms with Crippen molar-refractivity contribution in [1.29, 1.82) is 0 Å². The Balaban J connectivity index is 3.52. The van der Waals surface area contributed by atoms with Crippen LogP contribution in [0.2, 0.25) is 0 Å². The molecular weight excluding hydrogens is 683 g/mol. The van der Waals surface area contributed by atoms with Gasteiger partial charge in [0.15, 0.2) is 0 Å². The molecule has 0 spiro atoms. The minimum atomic E-state index is -0.681. The summed E-state index contributed by atoms with van der Waals surface area (Å²) in [4.78, 5) is 24.4. The fourth-order valence-electron chi connectivity index (χ4n) is 6.96. The van der Waals surface area contributed by atoms with E-state index >= 15 is 0 Å². The Morgan fingerprint density at radius 1 is 0.509 bits per heavy atom. The molecule has 2 atom stereocenters. The van der Waals surface area contributed by atoms with Crippen LogP contribution >= 0.6 is 0 Å². The lowest BCUT2D eigenvalue weighted by atomic mass is 10.0. The Bertz CT molecular complexity index is 900. The van der Waals surface area contributed by atoms with Crippen LogP contribution in [0.1, 0.15) is 239 Å². The van der Waals surface area contributed by atoms with Crippen molar-refractivity contribution in [1.82, 2.24) is 5.32 Å². The molecular formula is C49H91NO5. The van der Waals surface area contributed by atoms with E-state index in [0.717, 1.165) is 83.5 Å². The largest absolute Gasteiger partial charge is 0.466 e. The standard InChI is InChI=1S/C49H91NO5/c1-3-5-7-9-11-13-15-18-23-27-31-35-39-43-49(54)55-44-40-36-32-28-24-20-17-19-22-26-30-34-38-42-48(53)50-46(45-51)47(52)41-37-33-29-25-21-16-14-12-10-8-6-4-2/h7,9,13,15,19,22,46-47,51-52H,3-6,8,10-12,14,16-18,20-21,23-45H2,1-2H3,(H,50,53)/b9-7-,15-13-,22-19-.